The molecule has 4 nitrogen and oxygen atoms in total. The number of carbonyl (C=O) groups excluding carboxylic acids is 1. The molecule has 2 rings (SSSR count). The van der Waals surface area contributed by atoms with E-state index in [-0.39, 0.29) is 12.5 Å². The maximum atomic E-state index is 12.0. The van der Waals surface area contributed by atoms with E-state index in [9.17, 15) is 4.79 Å². The number of carbonyl (C=O) groups is 1. The molecule has 2 aromatic rings. The molecule has 0 saturated carbocycles. The Morgan fingerprint density at radius 2 is 2.15 bits per heavy atom. The van der Waals surface area contributed by atoms with Crippen molar-refractivity contribution < 1.29 is 13.9 Å². The van der Waals surface area contributed by atoms with Crippen molar-refractivity contribution in [1.29, 1.82) is 0 Å². The largest absolute Gasteiger partial charge is 0.484 e. The Balaban J connectivity index is 1.85. The standard InChI is InChI=1S/C15H16BrNO3/c1-11-6-7-14(20-11)9-17(2)15(18)10-19-13-5-3-4-12(16)8-13/h3-8H,9-10H2,1-2H3. The zero-order chi connectivity index (χ0) is 14.5. The van der Waals surface area contributed by atoms with Crippen molar-refractivity contribution in [1.82, 2.24) is 4.90 Å². The van der Waals surface area contributed by atoms with E-state index < -0.39 is 0 Å². The SMILES string of the molecule is Cc1ccc(CN(C)C(=O)COc2cccc(Br)c2)o1. The van der Waals surface area contributed by atoms with Crippen molar-refractivity contribution in [3.63, 3.8) is 0 Å². The number of hydrogen-bond donors (Lipinski definition) is 0. The summed E-state index contributed by atoms with van der Waals surface area (Å²) >= 11 is 3.36. The maximum absolute atomic E-state index is 12.0. The lowest BCUT2D eigenvalue weighted by molar-refractivity contribution is -0.132. The van der Waals surface area contributed by atoms with Gasteiger partial charge < -0.3 is 14.1 Å². The number of hydrogen-bond acceptors (Lipinski definition) is 3. The molecule has 0 N–H and O–H groups in total. The van der Waals surface area contributed by atoms with Gasteiger partial charge in [0.05, 0.1) is 6.54 Å². The molecule has 1 heterocycles. The average Bonchev–Trinajstić information content (AvgIpc) is 2.81. The van der Waals surface area contributed by atoms with E-state index in [0.29, 0.717) is 12.3 Å². The molecule has 1 aromatic carbocycles. The topological polar surface area (TPSA) is 42.7 Å². The molecule has 106 valence electrons. The van der Waals surface area contributed by atoms with E-state index in [0.717, 1.165) is 16.0 Å². The lowest BCUT2D eigenvalue weighted by Gasteiger charge is -2.16. The minimum Gasteiger partial charge on any atom is -0.484 e. The summed E-state index contributed by atoms with van der Waals surface area (Å²) < 4.78 is 11.8. The number of rotatable bonds is 5. The molecule has 0 radical (unpaired) electrons. The van der Waals surface area contributed by atoms with Crippen molar-refractivity contribution >= 4 is 21.8 Å². The Bertz CT molecular complexity index is 594. The van der Waals surface area contributed by atoms with Gasteiger partial charge in [0.25, 0.3) is 5.91 Å². The molecule has 20 heavy (non-hydrogen) atoms. The van der Waals surface area contributed by atoms with E-state index >= 15 is 0 Å². The third-order valence-corrected chi connectivity index (χ3v) is 3.27. The predicted octanol–water partition coefficient (Wildman–Crippen LogP) is 3.39. The van der Waals surface area contributed by atoms with Crippen LogP contribution >= 0.6 is 15.9 Å². The van der Waals surface area contributed by atoms with Crippen LogP contribution in [0.3, 0.4) is 0 Å². The first-order valence-corrected chi connectivity index (χ1v) is 7.01. The summed E-state index contributed by atoms with van der Waals surface area (Å²) in [7, 11) is 1.73. The Morgan fingerprint density at radius 1 is 1.35 bits per heavy atom. The molecule has 0 spiro atoms. The lowest BCUT2D eigenvalue weighted by Crippen LogP contribution is -2.30. The highest BCUT2D eigenvalue weighted by atomic mass is 79.9. The lowest BCUT2D eigenvalue weighted by atomic mass is 10.3. The maximum Gasteiger partial charge on any atom is 0.260 e. The van der Waals surface area contributed by atoms with Gasteiger partial charge in [-0.1, -0.05) is 22.0 Å². The predicted molar refractivity (Wildman–Crippen MR) is 79.6 cm³/mol. The van der Waals surface area contributed by atoms with E-state index in [1.54, 1.807) is 11.9 Å². The van der Waals surface area contributed by atoms with Gasteiger partial charge in [-0.3, -0.25) is 4.79 Å². The van der Waals surface area contributed by atoms with Gasteiger partial charge in [0.2, 0.25) is 0 Å². The smallest absolute Gasteiger partial charge is 0.260 e. The fourth-order valence-corrected chi connectivity index (χ4v) is 2.08. The molecule has 0 bridgehead atoms. The first-order chi connectivity index (χ1) is 9.54. The first kappa shape index (κ1) is 14.7. The summed E-state index contributed by atoms with van der Waals surface area (Å²) in [6.45, 7) is 2.32. The van der Waals surface area contributed by atoms with Crippen LogP contribution in [0.2, 0.25) is 0 Å². The van der Waals surface area contributed by atoms with Gasteiger partial charge in [0.1, 0.15) is 17.3 Å². The average molecular weight is 338 g/mol. The van der Waals surface area contributed by atoms with E-state index in [2.05, 4.69) is 15.9 Å². The van der Waals surface area contributed by atoms with Crippen LogP contribution < -0.4 is 4.74 Å². The number of aryl methyl sites for hydroxylation is 1. The highest BCUT2D eigenvalue weighted by Gasteiger charge is 2.12. The molecule has 0 aliphatic rings. The molecule has 0 fully saturated rings. The minimum absolute atomic E-state index is 0.00659. The highest BCUT2D eigenvalue weighted by molar-refractivity contribution is 9.10. The zero-order valence-corrected chi connectivity index (χ0v) is 13.0. The Kier molecular flexibility index (Phi) is 4.84. The number of nitrogens with zero attached hydrogens (tertiary/aromatic N) is 1. The van der Waals surface area contributed by atoms with Crippen LogP contribution in [0.5, 0.6) is 5.75 Å². The summed E-state index contributed by atoms with van der Waals surface area (Å²) in [6, 6.07) is 11.1. The molecule has 0 atom stereocenters. The van der Waals surface area contributed by atoms with Crippen molar-refractivity contribution in [2.75, 3.05) is 13.7 Å². The van der Waals surface area contributed by atoms with Gasteiger partial charge in [-0.15, -0.1) is 0 Å². The molecular weight excluding hydrogens is 322 g/mol. The van der Waals surface area contributed by atoms with Gasteiger partial charge >= 0.3 is 0 Å². The monoisotopic (exact) mass is 337 g/mol. The van der Waals surface area contributed by atoms with Crippen LogP contribution in [0.15, 0.2) is 45.3 Å². The second-order valence-electron chi connectivity index (χ2n) is 4.51. The van der Waals surface area contributed by atoms with Gasteiger partial charge in [0.15, 0.2) is 6.61 Å². The molecule has 0 aliphatic carbocycles. The molecule has 0 unspecified atom stereocenters. The van der Waals surface area contributed by atoms with Crippen LogP contribution in [-0.2, 0) is 11.3 Å². The number of ether oxygens (including phenoxy) is 1. The van der Waals surface area contributed by atoms with Crippen molar-refractivity contribution in [3.05, 3.63) is 52.4 Å². The molecule has 0 saturated heterocycles. The molecule has 0 aliphatic heterocycles. The van der Waals surface area contributed by atoms with E-state index in [1.165, 1.54) is 0 Å². The van der Waals surface area contributed by atoms with Crippen molar-refractivity contribution in [3.8, 4) is 5.75 Å². The molecular formula is C15H16BrNO3. The third-order valence-electron chi connectivity index (χ3n) is 2.77. The summed E-state index contributed by atoms with van der Waals surface area (Å²) in [6.07, 6.45) is 0. The summed E-state index contributed by atoms with van der Waals surface area (Å²) in [5.41, 5.74) is 0. The number of amides is 1. The Hall–Kier alpha value is -1.75. The molecule has 1 aromatic heterocycles. The normalized spacial score (nSPS) is 10.3. The van der Waals surface area contributed by atoms with Crippen LogP contribution in [0, 0.1) is 6.92 Å². The van der Waals surface area contributed by atoms with Crippen LogP contribution in [-0.4, -0.2) is 24.5 Å². The number of benzene rings is 1. The van der Waals surface area contributed by atoms with Crippen molar-refractivity contribution in [2.24, 2.45) is 0 Å². The fourth-order valence-electron chi connectivity index (χ4n) is 1.70. The fraction of sp³-hybridized carbons (Fsp3) is 0.267. The number of furan rings is 1. The number of halogens is 1. The molecule has 1 amide bonds. The van der Waals surface area contributed by atoms with Gasteiger partial charge in [0, 0.05) is 11.5 Å². The van der Waals surface area contributed by atoms with E-state index in [1.807, 2.05) is 43.3 Å². The first-order valence-electron chi connectivity index (χ1n) is 6.22. The summed E-state index contributed by atoms with van der Waals surface area (Å²) in [5.74, 6) is 2.17. The van der Waals surface area contributed by atoms with E-state index in [4.69, 9.17) is 9.15 Å². The third kappa shape index (κ3) is 4.13. The summed E-state index contributed by atoms with van der Waals surface area (Å²) in [4.78, 5) is 13.5. The zero-order valence-electron chi connectivity index (χ0n) is 11.4. The summed E-state index contributed by atoms with van der Waals surface area (Å²) in [5, 5.41) is 0. The second kappa shape index (κ2) is 6.61. The van der Waals surface area contributed by atoms with Gasteiger partial charge in [-0.2, -0.15) is 0 Å². The van der Waals surface area contributed by atoms with Crippen LogP contribution in [0.4, 0.5) is 0 Å². The van der Waals surface area contributed by atoms with Gasteiger partial charge in [-0.25, -0.2) is 0 Å². The van der Waals surface area contributed by atoms with Crippen LogP contribution in [0.25, 0.3) is 0 Å². The second-order valence-corrected chi connectivity index (χ2v) is 5.42. The Labute approximate surface area is 126 Å². The Morgan fingerprint density at radius 3 is 2.80 bits per heavy atom. The molecule has 5 heteroatoms. The van der Waals surface area contributed by atoms with Crippen LogP contribution in [0.1, 0.15) is 11.5 Å². The van der Waals surface area contributed by atoms with Crippen molar-refractivity contribution in [2.45, 2.75) is 13.5 Å². The number of likely N-dealkylation sites (N-methyl/N-ethyl adjacent to an activating group) is 1. The quantitative estimate of drug-likeness (QED) is 0.839. The highest BCUT2D eigenvalue weighted by Crippen LogP contribution is 2.17. The van der Waals surface area contributed by atoms with Gasteiger partial charge in [-0.05, 0) is 37.3 Å². The minimum atomic E-state index is -0.0981.